The molecular weight excluding hydrogens is 273 g/mol. The Bertz CT molecular complexity index is 445. The zero-order valence-electron chi connectivity index (χ0n) is 5.45. The first-order valence-electron chi connectivity index (χ1n) is 3.04. The standard InChI is InChI=1S/C7H4INOS/c8-9-3-1-5-2-4-11-6(5)7(9)10/h1-4H. The van der Waals surface area contributed by atoms with Gasteiger partial charge in [0.15, 0.2) is 0 Å². The van der Waals surface area contributed by atoms with Gasteiger partial charge in [-0.3, -0.25) is 7.58 Å². The molecule has 0 unspecified atom stereocenters. The maximum Gasteiger partial charge on any atom is 0.277 e. The van der Waals surface area contributed by atoms with Crippen LogP contribution in [0.5, 0.6) is 0 Å². The molecule has 0 aliphatic rings. The van der Waals surface area contributed by atoms with Crippen LogP contribution in [-0.4, -0.2) is 2.78 Å². The van der Waals surface area contributed by atoms with E-state index in [1.807, 2.05) is 40.4 Å². The molecule has 0 atom stereocenters. The number of halogens is 1. The highest BCUT2D eigenvalue weighted by Crippen LogP contribution is 2.15. The predicted octanol–water partition coefficient (Wildman–Crippen LogP) is 2.26. The molecular formula is C7H4INOS. The lowest BCUT2D eigenvalue weighted by Crippen LogP contribution is -2.08. The average Bonchev–Trinajstić information content (AvgIpc) is 2.45. The highest BCUT2D eigenvalue weighted by atomic mass is 127. The Morgan fingerprint density at radius 2 is 2.27 bits per heavy atom. The lowest BCUT2D eigenvalue weighted by Gasteiger charge is -1.91. The third kappa shape index (κ3) is 1.10. The number of thiophene rings is 1. The second-order valence-electron chi connectivity index (χ2n) is 2.14. The molecule has 0 radical (unpaired) electrons. The van der Waals surface area contributed by atoms with E-state index in [0.29, 0.717) is 0 Å². The van der Waals surface area contributed by atoms with Crippen molar-refractivity contribution >= 4 is 44.3 Å². The van der Waals surface area contributed by atoms with Crippen LogP contribution >= 0.6 is 34.2 Å². The molecule has 56 valence electrons. The van der Waals surface area contributed by atoms with Crippen LogP contribution in [-0.2, 0) is 0 Å². The molecule has 2 aromatic rings. The number of aromatic nitrogens is 1. The Labute approximate surface area is 81.0 Å². The van der Waals surface area contributed by atoms with E-state index in [4.69, 9.17) is 0 Å². The first-order valence-corrected chi connectivity index (χ1v) is 4.88. The van der Waals surface area contributed by atoms with Crippen LogP contribution in [0.4, 0.5) is 0 Å². The van der Waals surface area contributed by atoms with E-state index in [9.17, 15) is 4.79 Å². The van der Waals surface area contributed by atoms with Crippen LogP contribution < -0.4 is 5.56 Å². The molecule has 11 heavy (non-hydrogen) atoms. The third-order valence-corrected chi connectivity index (χ3v) is 3.15. The molecule has 0 aliphatic heterocycles. The zero-order chi connectivity index (χ0) is 7.84. The van der Waals surface area contributed by atoms with Crippen molar-refractivity contribution in [3.63, 3.8) is 0 Å². The second-order valence-corrected chi connectivity index (χ2v) is 4.09. The fourth-order valence-corrected chi connectivity index (χ4v) is 2.32. The van der Waals surface area contributed by atoms with Crippen LogP contribution in [0.25, 0.3) is 10.1 Å². The summed E-state index contributed by atoms with van der Waals surface area (Å²) < 4.78 is 2.40. The van der Waals surface area contributed by atoms with Crippen LogP contribution in [0.1, 0.15) is 0 Å². The largest absolute Gasteiger partial charge is 0.277 e. The smallest absolute Gasteiger partial charge is 0.267 e. The van der Waals surface area contributed by atoms with Gasteiger partial charge in [0.2, 0.25) is 0 Å². The molecule has 4 heteroatoms. The first kappa shape index (κ1) is 7.30. The fourth-order valence-electron chi connectivity index (χ4n) is 0.935. The van der Waals surface area contributed by atoms with Crippen molar-refractivity contribution in [1.29, 1.82) is 0 Å². The minimum Gasteiger partial charge on any atom is -0.267 e. The number of hydrogen-bond donors (Lipinski definition) is 0. The zero-order valence-corrected chi connectivity index (χ0v) is 8.43. The van der Waals surface area contributed by atoms with Gasteiger partial charge in [-0.25, -0.2) is 0 Å². The van der Waals surface area contributed by atoms with Crippen molar-refractivity contribution in [3.05, 3.63) is 34.1 Å². The summed E-state index contributed by atoms with van der Waals surface area (Å²) in [7, 11) is 0. The van der Waals surface area contributed by atoms with Crippen molar-refractivity contribution in [2.45, 2.75) is 0 Å². The van der Waals surface area contributed by atoms with Crippen LogP contribution in [0.2, 0.25) is 0 Å². The van der Waals surface area contributed by atoms with Gasteiger partial charge in [-0.05, 0) is 22.9 Å². The molecule has 0 saturated carbocycles. The summed E-state index contributed by atoms with van der Waals surface area (Å²) in [6, 6.07) is 3.90. The minimum atomic E-state index is 0.0816. The Kier molecular flexibility index (Phi) is 1.72. The molecule has 0 saturated heterocycles. The van der Waals surface area contributed by atoms with Gasteiger partial charge in [0, 0.05) is 6.20 Å². The molecule has 0 bridgehead atoms. The summed E-state index contributed by atoms with van der Waals surface area (Å²) in [4.78, 5) is 11.4. The number of fused-ring (bicyclic) bond motifs is 1. The summed E-state index contributed by atoms with van der Waals surface area (Å²) in [6.07, 6.45) is 1.78. The van der Waals surface area contributed by atoms with Gasteiger partial charge in [0.05, 0.1) is 22.9 Å². The maximum atomic E-state index is 11.4. The van der Waals surface area contributed by atoms with Gasteiger partial charge in [-0.1, -0.05) is 0 Å². The van der Waals surface area contributed by atoms with Crippen molar-refractivity contribution in [2.24, 2.45) is 0 Å². The Balaban J connectivity index is 3.05. The van der Waals surface area contributed by atoms with Crippen LogP contribution in [0.15, 0.2) is 28.5 Å². The highest BCUT2D eigenvalue weighted by molar-refractivity contribution is 14.1. The van der Waals surface area contributed by atoms with E-state index in [0.717, 1.165) is 10.1 Å². The monoisotopic (exact) mass is 277 g/mol. The van der Waals surface area contributed by atoms with Gasteiger partial charge >= 0.3 is 0 Å². The van der Waals surface area contributed by atoms with Crippen molar-refractivity contribution in [1.82, 2.24) is 2.78 Å². The molecule has 0 spiro atoms. The summed E-state index contributed by atoms with van der Waals surface area (Å²) in [5, 5.41) is 2.97. The normalized spacial score (nSPS) is 10.6. The first-order chi connectivity index (χ1) is 5.29. The maximum absolute atomic E-state index is 11.4. The number of pyridine rings is 1. The molecule has 0 fully saturated rings. The predicted molar refractivity (Wildman–Crippen MR) is 55.5 cm³/mol. The van der Waals surface area contributed by atoms with E-state index < -0.39 is 0 Å². The van der Waals surface area contributed by atoms with Gasteiger partial charge in [-0.2, -0.15) is 0 Å². The van der Waals surface area contributed by atoms with Crippen molar-refractivity contribution in [2.75, 3.05) is 0 Å². The van der Waals surface area contributed by atoms with Gasteiger partial charge in [0.1, 0.15) is 4.70 Å². The summed E-state index contributed by atoms with van der Waals surface area (Å²) in [5.74, 6) is 0. The Hall–Kier alpha value is -0.360. The number of nitrogens with zero attached hydrogens (tertiary/aromatic N) is 1. The van der Waals surface area contributed by atoms with Crippen molar-refractivity contribution in [3.8, 4) is 0 Å². The lowest BCUT2D eigenvalue weighted by atomic mass is 10.3. The van der Waals surface area contributed by atoms with Gasteiger partial charge in [-0.15, -0.1) is 11.3 Å². The molecule has 0 N–H and O–H groups in total. The minimum absolute atomic E-state index is 0.0816. The summed E-state index contributed by atoms with van der Waals surface area (Å²) >= 11 is 3.47. The number of hydrogen-bond acceptors (Lipinski definition) is 2. The van der Waals surface area contributed by atoms with Gasteiger partial charge < -0.3 is 0 Å². The highest BCUT2D eigenvalue weighted by Gasteiger charge is 2.00. The van der Waals surface area contributed by atoms with E-state index in [1.165, 1.54) is 11.3 Å². The van der Waals surface area contributed by atoms with Crippen LogP contribution in [0.3, 0.4) is 0 Å². The Morgan fingerprint density at radius 3 is 3.09 bits per heavy atom. The second kappa shape index (κ2) is 2.60. The van der Waals surface area contributed by atoms with E-state index in [-0.39, 0.29) is 5.56 Å². The van der Waals surface area contributed by atoms with Crippen LogP contribution in [0, 0.1) is 0 Å². The van der Waals surface area contributed by atoms with E-state index in [1.54, 1.807) is 8.98 Å². The van der Waals surface area contributed by atoms with Crippen molar-refractivity contribution < 1.29 is 0 Å². The molecule has 2 aromatic heterocycles. The molecule has 2 heterocycles. The SMILES string of the molecule is O=c1c2sccc2ccn1I. The molecule has 2 nitrogen and oxygen atoms in total. The van der Waals surface area contributed by atoms with E-state index >= 15 is 0 Å². The molecule has 0 aromatic carbocycles. The topological polar surface area (TPSA) is 22.0 Å². The quantitative estimate of drug-likeness (QED) is 0.677. The average molecular weight is 277 g/mol. The number of rotatable bonds is 0. The third-order valence-electron chi connectivity index (χ3n) is 1.47. The lowest BCUT2D eigenvalue weighted by molar-refractivity contribution is 1.24. The fraction of sp³-hybridized carbons (Fsp3) is 0. The molecule has 0 amide bonds. The van der Waals surface area contributed by atoms with Gasteiger partial charge in [0.25, 0.3) is 5.56 Å². The Morgan fingerprint density at radius 1 is 1.45 bits per heavy atom. The molecule has 2 rings (SSSR count). The molecule has 0 aliphatic carbocycles. The van der Waals surface area contributed by atoms with E-state index in [2.05, 4.69) is 0 Å². The summed E-state index contributed by atoms with van der Waals surface area (Å²) in [5.41, 5.74) is 0.0816. The summed E-state index contributed by atoms with van der Waals surface area (Å²) in [6.45, 7) is 0.